The molecule has 29 heavy (non-hydrogen) atoms. The summed E-state index contributed by atoms with van der Waals surface area (Å²) in [6, 6.07) is 12.9. The predicted octanol–water partition coefficient (Wildman–Crippen LogP) is 3.18. The largest absolute Gasteiger partial charge is 0.335 e. The second-order valence-corrected chi connectivity index (χ2v) is 8.93. The second kappa shape index (κ2) is 7.59. The molecule has 2 amide bonds. The van der Waals surface area contributed by atoms with Gasteiger partial charge in [0.05, 0.1) is 6.04 Å². The lowest BCUT2D eigenvalue weighted by Crippen LogP contribution is -2.60. The molecule has 0 bridgehead atoms. The highest BCUT2D eigenvalue weighted by molar-refractivity contribution is 6.31. The number of rotatable bonds is 3. The molecule has 3 N–H and O–H groups in total. The van der Waals surface area contributed by atoms with E-state index in [0.29, 0.717) is 29.4 Å². The maximum Gasteiger partial charge on any atom is 0.317 e. The summed E-state index contributed by atoms with van der Waals surface area (Å²) < 4.78 is 0. The van der Waals surface area contributed by atoms with Crippen LogP contribution in [0.3, 0.4) is 0 Å². The topological polar surface area (TPSA) is 69.3 Å². The summed E-state index contributed by atoms with van der Waals surface area (Å²) in [5.74, 6) is 0.929. The summed E-state index contributed by atoms with van der Waals surface area (Å²) in [5, 5.41) is 3.96. The van der Waals surface area contributed by atoms with Crippen LogP contribution < -0.4 is 16.2 Å². The van der Waals surface area contributed by atoms with Crippen LogP contribution in [0.1, 0.15) is 35.7 Å². The number of pyridine rings is 1. The van der Waals surface area contributed by atoms with Gasteiger partial charge in [-0.1, -0.05) is 29.8 Å². The van der Waals surface area contributed by atoms with Crippen LogP contribution in [-0.4, -0.2) is 34.5 Å². The van der Waals surface area contributed by atoms with Gasteiger partial charge < -0.3 is 10.2 Å². The smallest absolute Gasteiger partial charge is 0.317 e. The van der Waals surface area contributed by atoms with Gasteiger partial charge in [-0.3, -0.25) is 10.4 Å². The van der Waals surface area contributed by atoms with Crippen molar-refractivity contribution in [2.45, 2.75) is 44.4 Å². The van der Waals surface area contributed by atoms with Crippen molar-refractivity contribution >= 4 is 17.6 Å². The third-order valence-corrected chi connectivity index (χ3v) is 7.04. The van der Waals surface area contributed by atoms with Gasteiger partial charge in [-0.05, 0) is 60.9 Å². The van der Waals surface area contributed by atoms with E-state index in [1.165, 1.54) is 5.56 Å². The van der Waals surface area contributed by atoms with Crippen LogP contribution in [0.15, 0.2) is 42.6 Å². The van der Waals surface area contributed by atoms with Crippen LogP contribution in [0.4, 0.5) is 4.79 Å². The highest BCUT2D eigenvalue weighted by Gasteiger charge is 2.47. The number of hydrogen-bond acceptors (Lipinski definition) is 4. The SMILES string of the molecule is Cc1cc(C2NNC3CC4NC(=O)N(Cc5ccccc5Cl)CC4CC32)ccn1. The number of benzene rings is 1. The van der Waals surface area contributed by atoms with Crippen LogP contribution in [0, 0.1) is 18.8 Å². The Kier molecular flexibility index (Phi) is 4.94. The van der Waals surface area contributed by atoms with Crippen molar-refractivity contribution in [3.05, 3.63) is 64.4 Å². The third-order valence-electron chi connectivity index (χ3n) is 6.67. The molecule has 3 fully saturated rings. The van der Waals surface area contributed by atoms with Crippen LogP contribution in [-0.2, 0) is 6.54 Å². The number of carbonyl (C=O) groups is 1. The molecule has 0 spiro atoms. The number of fused-ring (bicyclic) bond motifs is 2. The Morgan fingerprint density at radius 2 is 2.03 bits per heavy atom. The first-order valence-electron chi connectivity index (χ1n) is 10.3. The minimum absolute atomic E-state index is 0.0110. The number of carbonyl (C=O) groups excluding carboxylic acids is 1. The van der Waals surface area contributed by atoms with Gasteiger partial charge in [0.2, 0.25) is 0 Å². The average molecular weight is 412 g/mol. The van der Waals surface area contributed by atoms with Crippen molar-refractivity contribution in [2.75, 3.05) is 6.54 Å². The van der Waals surface area contributed by atoms with Crippen LogP contribution >= 0.6 is 11.6 Å². The average Bonchev–Trinajstić information content (AvgIpc) is 3.11. The fourth-order valence-corrected chi connectivity index (χ4v) is 5.41. The van der Waals surface area contributed by atoms with Gasteiger partial charge in [0, 0.05) is 42.1 Å². The van der Waals surface area contributed by atoms with E-state index in [4.69, 9.17) is 11.6 Å². The molecule has 1 saturated carbocycles. The zero-order chi connectivity index (χ0) is 20.0. The second-order valence-electron chi connectivity index (χ2n) is 8.53. The molecule has 152 valence electrons. The molecule has 3 heterocycles. The van der Waals surface area contributed by atoms with Crippen molar-refractivity contribution < 1.29 is 4.79 Å². The van der Waals surface area contributed by atoms with E-state index in [1.54, 1.807) is 0 Å². The van der Waals surface area contributed by atoms with Gasteiger partial charge in [-0.15, -0.1) is 0 Å². The maximum atomic E-state index is 12.7. The summed E-state index contributed by atoms with van der Waals surface area (Å²) in [5.41, 5.74) is 10.3. The summed E-state index contributed by atoms with van der Waals surface area (Å²) >= 11 is 6.32. The fraction of sp³-hybridized carbons (Fsp3) is 0.455. The number of nitrogens with one attached hydrogen (secondary N) is 3. The molecule has 1 aromatic heterocycles. The Balaban J connectivity index is 1.32. The van der Waals surface area contributed by atoms with Crippen LogP contribution in [0.5, 0.6) is 0 Å². The van der Waals surface area contributed by atoms with E-state index >= 15 is 0 Å². The monoisotopic (exact) mass is 411 g/mol. The van der Waals surface area contributed by atoms with Crippen molar-refractivity contribution in [2.24, 2.45) is 11.8 Å². The highest BCUT2D eigenvalue weighted by Crippen LogP contribution is 2.42. The molecule has 2 aromatic rings. The lowest BCUT2D eigenvalue weighted by molar-refractivity contribution is 0.0962. The molecule has 1 aromatic carbocycles. The summed E-state index contributed by atoms with van der Waals surface area (Å²) in [6.07, 6.45) is 3.91. The molecule has 5 unspecified atom stereocenters. The lowest BCUT2D eigenvalue weighted by atomic mass is 9.71. The van der Waals surface area contributed by atoms with Gasteiger partial charge in [0.15, 0.2) is 0 Å². The number of nitrogens with zero attached hydrogens (tertiary/aromatic N) is 2. The van der Waals surface area contributed by atoms with E-state index in [-0.39, 0.29) is 18.1 Å². The van der Waals surface area contributed by atoms with Gasteiger partial charge >= 0.3 is 6.03 Å². The summed E-state index contributed by atoms with van der Waals surface area (Å²) in [6.45, 7) is 3.35. The molecule has 5 rings (SSSR count). The van der Waals surface area contributed by atoms with Gasteiger partial charge in [0.1, 0.15) is 0 Å². The predicted molar refractivity (Wildman–Crippen MR) is 112 cm³/mol. The Labute approximate surface area is 176 Å². The minimum atomic E-state index is 0.0110. The first kappa shape index (κ1) is 18.9. The van der Waals surface area contributed by atoms with Crippen LogP contribution in [0.25, 0.3) is 0 Å². The molecule has 2 aliphatic heterocycles. The first-order chi connectivity index (χ1) is 14.1. The summed E-state index contributed by atoms with van der Waals surface area (Å²) in [7, 11) is 0. The molecule has 5 atom stereocenters. The normalized spacial score (nSPS) is 31.2. The van der Waals surface area contributed by atoms with Gasteiger partial charge in [-0.2, -0.15) is 0 Å². The number of hydrazine groups is 1. The zero-order valence-corrected chi connectivity index (χ0v) is 17.2. The number of aryl methyl sites for hydroxylation is 1. The molecular weight excluding hydrogens is 386 g/mol. The van der Waals surface area contributed by atoms with E-state index in [1.807, 2.05) is 42.3 Å². The molecule has 0 radical (unpaired) electrons. The van der Waals surface area contributed by atoms with E-state index in [0.717, 1.165) is 30.6 Å². The molecule has 1 aliphatic carbocycles. The number of hydrogen-bond donors (Lipinski definition) is 3. The number of halogens is 1. The Morgan fingerprint density at radius 1 is 1.17 bits per heavy atom. The molecule has 7 heteroatoms. The minimum Gasteiger partial charge on any atom is -0.335 e. The van der Waals surface area contributed by atoms with Gasteiger partial charge in [-0.25, -0.2) is 10.2 Å². The fourth-order valence-electron chi connectivity index (χ4n) is 5.21. The maximum absolute atomic E-state index is 12.7. The number of amides is 2. The lowest BCUT2D eigenvalue weighted by Gasteiger charge is -2.45. The molecule has 6 nitrogen and oxygen atoms in total. The van der Waals surface area contributed by atoms with Crippen LogP contribution in [0.2, 0.25) is 5.02 Å². The Bertz CT molecular complexity index is 922. The van der Waals surface area contributed by atoms with E-state index < -0.39 is 0 Å². The van der Waals surface area contributed by atoms with E-state index in [2.05, 4.69) is 33.3 Å². The number of aromatic nitrogens is 1. The van der Waals surface area contributed by atoms with Gasteiger partial charge in [0.25, 0.3) is 0 Å². The van der Waals surface area contributed by atoms with Crippen molar-refractivity contribution in [1.29, 1.82) is 0 Å². The van der Waals surface area contributed by atoms with Crippen molar-refractivity contribution in [3.8, 4) is 0 Å². The van der Waals surface area contributed by atoms with E-state index in [9.17, 15) is 4.79 Å². The molecule has 2 saturated heterocycles. The summed E-state index contributed by atoms with van der Waals surface area (Å²) in [4.78, 5) is 18.9. The van der Waals surface area contributed by atoms with Crippen molar-refractivity contribution in [3.63, 3.8) is 0 Å². The number of urea groups is 1. The molecule has 3 aliphatic rings. The Hall–Kier alpha value is -2.15. The molecular formula is C22H26ClN5O. The standard InChI is InChI=1S/C22H26ClN5O/c1-13-8-14(6-7-24-13)21-17-9-16-12-28(11-15-4-2-3-5-18(15)23)22(29)25-19(16)10-20(17)26-27-21/h2-8,16-17,19-21,26-27H,9-12H2,1H3,(H,25,29). The third kappa shape index (κ3) is 3.61. The Morgan fingerprint density at radius 3 is 2.86 bits per heavy atom. The quantitative estimate of drug-likeness (QED) is 0.725. The highest BCUT2D eigenvalue weighted by atomic mass is 35.5. The zero-order valence-electron chi connectivity index (χ0n) is 16.4. The van der Waals surface area contributed by atoms with Crippen molar-refractivity contribution in [1.82, 2.24) is 26.1 Å². The first-order valence-corrected chi connectivity index (χ1v) is 10.7.